The Morgan fingerprint density at radius 1 is 1.23 bits per heavy atom. The second-order valence-corrected chi connectivity index (χ2v) is 9.88. The van der Waals surface area contributed by atoms with E-state index in [0.29, 0.717) is 35.8 Å². The van der Waals surface area contributed by atoms with E-state index in [4.69, 9.17) is 13.9 Å². The molecule has 2 atom stereocenters. The first-order valence-electron chi connectivity index (χ1n) is 10.7. The highest BCUT2D eigenvalue weighted by Gasteiger charge is 2.43. The number of fused-ring (bicyclic) bond motifs is 3. The van der Waals surface area contributed by atoms with Gasteiger partial charge in [-0.05, 0) is 75.0 Å². The van der Waals surface area contributed by atoms with Gasteiger partial charge in [0, 0.05) is 13.1 Å². The number of carbonyl (C=O) groups is 2. The molecule has 4 rings (SSSR count). The van der Waals surface area contributed by atoms with Gasteiger partial charge in [0.05, 0.1) is 28.7 Å². The molecule has 1 aromatic heterocycles. The quantitative estimate of drug-likeness (QED) is 0.570. The lowest BCUT2D eigenvalue weighted by Gasteiger charge is -2.49. The summed E-state index contributed by atoms with van der Waals surface area (Å²) in [6.07, 6.45) is 2.63. The van der Waals surface area contributed by atoms with Crippen LogP contribution >= 0.6 is 15.9 Å². The molecule has 2 unspecified atom stereocenters. The maximum atomic E-state index is 12.8. The monoisotopic (exact) mass is 493 g/mol. The highest BCUT2D eigenvalue weighted by atomic mass is 79.9. The van der Waals surface area contributed by atoms with Gasteiger partial charge in [-0.15, -0.1) is 0 Å². The number of hydrogen-bond donors (Lipinski definition) is 0. The molecule has 31 heavy (non-hydrogen) atoms. The van der Waals surface area contributed by atoms with Gasteiger partial charge in [0.15, 0.2) is 5.58 Å². The van der Waals surface area contributed by atoms with Crippen molar-refractivity contribution in [2.75, 3.05) is 24.6 Å². The molecule has 0 spiro atoms. The van der Waals surface area contributed by atoms with E-state index < -0.39 is 11.6 Å². The van der Waals surface area contributed by atoms with Gasteiger partial charge in [-0.3, -0.25) is 4.90 Å². The summed E-state index contributed by atoms with van der Waals surface area (Å²) >= 11 is 3.49. The molecule has 2 bridgehead atoms. The van der Waals surface area contributed by atoms with E-state index in [9.17, 15) is 9.59 Å². The third-order valence-electron chi connectivity index (χ3n) is 5.58. The number of esters is 1. The summed E-state index contributed by atoms with van der Waals surface area (Å²) in [6.45, 7) is 8.92. The maximum Gasteiger partial charge on any atom is 0.410 e. The lowest BCUT2D eigenvalue weighted by Crippen LogP contribution is -2.63. The lowest BCUT2D eigenvalue weighted by molar-refractivity contribution is -0.0102. The van der Waals surface area contributed by atoms with E-state index >= 15 is 0 Å². The average molecular weight is 494 g/mol. The molecule has 2 aromatic rings. The Balaban J connectivity index is 1.61. The van der Waals surface area contributed by atoms with Gasteiger partial charge in [-0.2, -0.15) is 4.98 Å². The third-order valence-corrected chi connectivity index (χ3v) is 6.20. The molecule has 0 radical (unpaired) electrons. The zero-order valence-electron chi connectivity index (χ0n) is 18.3. The van der Waals surface area contributed by atoms with Crippen molar-refractivity contribution < 1.29 is 23.5 Å². The Bertz CT molecular complexity index is 985. The molecule has 168 valence electrons. The van der Waals surface area contributed by atoms with E-state index in [2.05, 4.69) is 25.8 Å². The van der Waals surface area contributed by atoms with E-state index in [1.54, 1.807) is 19.1 Å². The summed E-state index contributed by atoms with van der Waals surface area (Å²) in [4.78, 5) is 33.8. The molecule has 0 saturated carbocycles. The summed E-state index contributed by atoms with van der Waals surface area (Å²) in [7, 11) is 0. The lowest BCUT2D eigenvalue weighted by atomic mass is 9.92. The highest BCUT2D eigenvalue weighted by molar-refractivity contribution is 9.10. The van der Waals surface area contributed by atoms with Crippen molar-refractivity contribution >= 4 is 45.1 Å². The highest BCUT2D eigenvalue weighted by Crippen LogP contribution is 2.36. The van der Waals surface area contributed by atoms with Crippen LogP contribution in [0.5, 0.6) is 0 Å². The first kappa shape index (κ1) is 21.9. The van der Waals surface area contributed by atoms with Crippen LogP contribution in [0.3, 0.4) is 0 Å². The Labute approximate surface area is 190 Å². The second kappa shape index (κ2) is 8.33. The number of oxazole rings is 1. The molecular formula is C22H28BrN3O5. The number of ether oxygens (including phenoxy) is 2. The molecule has 2 aliphatic rings. The van der Waals surface area contributed by atoms with Crippen molar-refractivity contribution in [2.24, 2.45) is 0 Å². The van der Waals surface area contributed by atoms with Crippen molar-refractivity contribution in [1.29, 1.82) is 0 Å². The minimum Gasteiger partial charge on any atom is -0.462 e. The fraction of sp³-hybridized carbons (Fsp3) is 0.591. The standard InChI is InChI=1S/C22H28BrN3O5/c1-5-29-19(27)15-9-10-16(23)18-17(15)24-20(30-18)25-11-13-7-6-8-14(12-25)26(13)21(28)31-22(2,3)4/h9-10,13-14H,5-8,11-12H2,1-4H3. The largest absolute Gasteiger partial charge is 0.462 e. The summed E-state index contributed by atoms with van der Waals surface area (Å²) < 4.78 is 17.6. The fourth-order valence-electron chi connectivity index (χ4n) is 4.35. The number of piperidine rings is 1. The molecule has 2 saturated heterocycles. The van der Waals surface area contributed by atoms with Crippen LogP contribution in [0.25, 0.3) is 11.1 Å². The number of hydrogen-bond acceptors (Lipinski definition) is 7. The van der Waals surface area contributed by atoms with Crippen LogP contribution in [0.4, 0.5) is 10.8 Å². The van der Waals surface area contributed by atoms with Gasteiger partial charge in [0.1, 0.15) is 11.1 Å². The van der Waals surface area contributed by atoms with Gasteiger partial charge in [0.2, 0.25) is 0 Å². The molecule has 0 N–H and O–H groups in total. The molecule has 1 amide bonds. The number of anilines is 1. The number of rotatable bonds is 3. The number of nitrogens with zero attached hydrogens (tertiary/aromatic N) is 3. The Morgan fingerprint density at radius 2 is 1.90 bits per heavy atom. The fourth-order valence-corrected chi connectivity index (χ4v) is 4.75. The normalized spacial score (nSPS) is 21.3. The molecule has 2 aliphatic heterocycles. The van der Waals surface area contributed by atoms with Gasteiger partial charge in [-0.1, -0.05) is 0 Å². The summed E-state index contributed by atoms with van der Waals surface area (Å²) in [5.74, 6) is -0.425. The van der Waals surface area contributed by atoms with Crippen molar-refractivity contribution in [2.45, 2.75) is 64.6 Å². The van der Waals surface area contributed by atoms with Crippen LogP contribution in [-0.2, 0) is 9.47 Å². The SMILES string of the molecule is CCOC(=O)c1ccc(Br)c2oc(N3CC4CCCC(C3)N4C(=O)OC(C)(C)C)nc12. The molecule has 3 heterocycles. The zero-order chi connectivity index (χ0) is 22.3. The first-order chi connectivity index (χ1) is 14.7. The molecule has 2 fully saturated rings. The Kier molecular flexibility index (Phi) is 5.89. The number of benzene rings is 1. The summed E-state index contributed by atoms with van der Waals surface area (Å²) in [5.41, 5.74) is 0.837. The summed E-state index contributed by atoms with van der Waals surface area (Å²) in [5, 5.41) is 0. The van der Waals surface area contributed by atoms with Crippen molar-refractivity contribution in [3.8, 4) is 0 Å². The maximum absolute atomic E-state index is 12.8. The molecule has 1 aromatic carbocycles. The smallest absolute Gasteiger partial charge is 0.410 e. The van der Waals surface area contributed by atoms with Gasteiger partial charge in [0.25, 0.3) is 6.01 Å². The first-order valence-corrected chi connectivity index (χ1v) is 11.5. The van der Waals surface area contributed by atoms with E-state index in [1.807, 2.05) is 25.7 Å². The topological polar surface area (TPSA) is 85.1 Å². The number of aromatic nitrogens is 1. The van der Waals surface area contributed by atoms with Crippen LogP contribution in [-0.4, -0.2) is 59.3 Å². The second-order valence-electron chi connectivity index (χ2n) is 9.02. The van der Waals surface area contributed by atoms with Crippen LogP contribution in [0, 0.1) is 0 Å². The zero-order valence-corrected chi connectivity index (χ0v) is 19.9. The van der Waals surface area contributed by atoms with Crippen molar-refractivity contribution in [1.82, 2.24) is 9.88 Å². The molecule has 0 aliphatic carbocycles. The number of amides is 1. The number of halogens is 1. The van der Waals surface area contributed by atoms with E-state index in [1.165, 1.54) is 0 Å². The number of carbonyl (C=O) groups excluding carboxylic acids is 2. The number of piperazine rings is 1. The molecule has 9 heteroatoms. The van der Waals surface area contributed by atoms with Crippen LogP contribution in [0.1, 0.15) is 57.3 Å². The third kappa shape index (κ3) is 4.37. The molecule has 8 nitrogen and oxygen atoms in total. The average Bonchev–Trinajstić information content (AvgIpc) is 3.12. The van der Waals surface area contributed by atoms with Crippen LogP contribution in [0.15, 0.2) is 21.0 Å². The van der Waals surface area contributed by atoms with E-state index in [-0.39, 0.29) is 24.8 Å². The predicted octanol–water partition coefficient (Wildman–Crippen LogP) is 4.75. The van der Waals surface area contributed by atoms with E-state index in [0.717, 1.165) is 23.7 Å². The van der Waals surface area contributed by atoms with Gasteiger partial charge < -0.3 is 18.8 Å². The Morgan fingerprint density at radius 3 is 2.52 bits per heavy atom. The minimum atomic E-state index is -0.529. The van der Waals surface area contributed by atoms with Crippen LogP contribution < -0.4 is 4.90 Å². The molecular weight excluding hydrogens is 466 g/mol. The van der Waals surface area contributed by atoms with Crippen LogP contribution in [0.2, 0.25) is 0 Å². The minimum absolute atomic E-state index is 0.0327. The van der Waals surface area contributed by atoms with Gasteiger partial charge >= 0.3 is 12.1 Å². The predicted molar refractivity (Wildman–Crippen MR) is 119 cm³/mol. The van der Waals surface area contributed by atoms with Crippen molar-refractivity contribution in [3.05, 3.63) is 22.2 Å². The summed E-state index contributed by atoms with van der Waals surface area (Å²) in [6, 6.07) is 3.97. The van der Waals surface area contributed by atoms with Gasteiger partial charge in [-0.25, -0.2) is 9.59 Å². The Hall–Kier alpha value is -2.29. The van der Waals surface area contributed by atoms with Crippen molar-refractivity contribution in [3.63, 3.8) is 0 Å².